The van der Waals surface area contributed by atoms with E-state index in [-0.39, 0.29) is 24.4 Å². The standard InChI is InChI=1S/C21H29FN2O3/c22-19-6-2-1-5-16(19)11-23-12-18-17(14-27-20(18)13-23)7-10-26-15-21(25)24-8-3-4-9-24/h1-2,5-6,17-18,20H,3-4,7-15H2/t17-,18-,20-/m1/s1. The van der Waals surface area contributed by atoms with Crippen molar-refractivity contribution in [1.82, 2.24) is 9.80 Å². The van der Waals surface area contributed by atoms with Gasteiger partial charge < -0.3 is 14.4 Å². The molecule has 3 aliphatic heterocycles. The number of amides is 1. The molecule has 148 valence electrons. The number of benzene rings is 1. The molecule has 0 bridgehead atoms. The van der Waals surface area contributed by atoms with E-state index in [0.29, 0.717) is 25.0 Å². The quantitative estimate of drug-likeness (QED) is 0.685. The van der Waals surface area contributed by atoms with Gasteiger partial charge in [-0.15, -0.1) is 0 Å². The van der Waals surface area contributed by atoms with Crippen molar-refractivity contribution in [3.8, 4) is 0 Å². The molecule has 0 N–H and O–H groups in total. The van der Waals surface area contributed by atoms with Gasteiger partial charge in [0, 0.05) is 50.8 Å². The van der Waals surface area contributed by atoms with Gasteiger partial charge in [0.25, 0.3) is 0 Å². The first kappa shape index (κ1) is 18.8. The summed E-state index contributed by atoms with van der Waals surface area (Å²) in [5.74, 6) is 0.922. The Morgan fingerprint density at radius 1 is 1.22 bits per heavy atom. The van der Waals surface area contributed by atoms with Crippen molar-refractivity contribution in [2.45, 2.75) is 31.9 Å². The van der Waals surface area contributed by atoms with Crippen molar-refractivity contribution < 1.29 is 18.7 Å². The number of carbonyl (C=O) groups is 1. The minimum Gasteiger partial charge on any atom is -0.376 e. The molecule has 0 spiro atoms. The molecule has 0 saturated carbocycles. The summed E-state index contributed by atoms with van der Waals surface area (Å²) in [6.45, 7) is 5.76. The van der Waals surface area contributed by atoms with Gasteiger partial charge in [0.2, 0.25) is 5.91 Å². The molecule has 0 unspecified atom stereocenters. The Morgan fingerprint density at radius 3 is 2.85 bits per heavy atom. The molecule has 0 radical (unpaired) electrons. The van der Waals surface area contributed by atoms with E-state index in [1.54, 1.807) is 6.07 Å². The average Bonchev–Trinajstić information content (AvgIpc) is 3.38. The topological polar surface area (TPSA) is 42.0 Å². The van der Waals surface area contributed by atoms with E-state index >= 15 is 0 Å². The van der Waals surface area contributed by atoms with Crippen molar-refractivity contribution in [1.29, 1.82) is 0 Å². The number of ether oxygens (including phenoxy) is 2. The highest BCUT2D eigenvalue weighted by Crippen LogP contribution is 2.36. The third-order valence-electron chi connectivity index (χ3n) is 6.18. The highest BCUT2D eigenvalue weighted by atomic mass is 19.1. The van der Waals surface area contributed by atoms with Gasteiger partial charge in [-0.25, -0.2) is 4.39 Å². The average molecular weight is 376 g/mol. The Bertz CT molecular complexity index is 650. The lowest BCUT2D eigenvalue weighted by atomic mass is 9.91. The first-order chi connectivity index (χ1) is 13.2. The number of hydrogen-bond acceptors (Lipinski definition) is 4. The van der Waals surface area contributed by atoms with E-state index < -0.39 is 0 Å². The van der Waals surface area contributed by atoms with E-state index in [0.717, 1.165) is 57.6 Å². The first-order valence-electron chi connectivity index (χ1n) is 10.1. The van der Waals surface area contributed by atoms with Gasteiger partial charge in [-0.3, -0.25) is 9.69 Å². The van der Waals surface area contributed by atoms with E-state index in [1.807, 2.05) is 17.0 Å². The van der Waals surface area contributed by atoms with Gasteiger partial charge in [-0.1, -0.05) is 18.2 Å². The van der Waals surface area contributed by atoms with Crippen LogP contribution >= 0.6 is 0 Å². The molecular weight excluding hydrogens is 347 g/mol. The Labute approximate surface area is 160 Å². The van der Waals surface area contributed by atoms with Crippen LogP contribution in [0.5, 0.6) is 0 Å². The van der Waals surface area contributed by atoms with E-state index in [4.69, 9.17) is 9.47 Å². The second kappa shape index (κ2) is 8.67. The van der Waals surface area contributed by atoms with Crippen molar-refractivity contribution >= 4 is 5.91 Å². The number of fused-ring (bicyclic) bond motifs is 1. The monoisotopic (exact) mass is 376 g/mol. The number of hydrogen-bond donors (Lipinski definition) is 0. The van der Waals surface area contributed by atoms with Crippen LogP contribution in [0.25, 0.3) is 0 Å². The van der Waals surface area contributed by atoms with Crippen LogP contribution in [0.1, 0.15) is 24.8 Å². The second-order valence-electron chi connectivity index (χ2n) is 8.01. The van der Waals surface area contributed by atoms with Gasteiger partial charge in [-0.05, 0) is 31.2 Å². The maximum atomic E-state index is 13.9. The molecule has 3 fully saturated rings. The van der Waals surface area contributed by atoms with E-state index in [1.165, 1.54) is 6.07 Å². The molecule has 3 atom stereocenters. The molecule has 3 saturated heterocycles. The summed E-state index contributed by atoms with van der Waals surface area (Å²) < 4.78 is 25.5. The summed E-state index contributed by atoms with van der Waals surface area (Å²) in [7, 11) is 0. The summed E-state index contributed by atoms with van der Waals surface area (Å²) in [5.41, 5.74) is 0.748. The molecule has 6 heteroatoms. The van der Waals surface area contributed by atoms with Crippen LogP contribution in [-0.2, 0) is 20.8 Å². The molecule has 3 heterocycles. The molecule has 4 rings (SSSR count). The van der Waals surface area contributed by atoms with Gasteiger partial charge in [0.05, 0.1) is 12.7 Å². The Hall–Kier alpha value is -1.50. The zero-order chi connectivity index (χ0) is 18.6. The fraction of sp³-hybridized carbons (Fsp3) is 0.667. The highest BCUT2D eigenvalue weighted by Gasteiger charge is 2.43. The minimum absolute atomic E-state index is 0.116. The van der Waals surface area contributed by atoms with Crippen molar-refractivity contribution in [2.24, 2.45) is 11.8 Å². The predicted octanol–water partition coefficient (Wildman–Crippen LogP) is 2.30. The zero-order valence-corrected chi connectivity index (χ0v) is 15.8. The van der Waals surface area contributed by atoms with Crippen LogP contribution in [-0.4, -0.2) is 67.8 Å². The lowest BCUT2D eigenvalue weighted by Gasteiger charge is -2.20. The normalized spacial score (nSPS) is 28.0. The summed E-state index contributed by atoms with van der Waals surface area (Å²) in [6.07, 6.45) is 3.38. The van der Waals surface area contributed by atoms with Crippen molar-refractivity contribution in [2.75, 3.05) is 46.0 Å². The Kier molecular flexibility index (Phi) is 6.05. The highest BCUT2D eigenvalue weighted by molar-refractivity contribution is 5.77. The number of carbonyl (C=O) groups excluding carboxylic acids is 1. The van der Waals surface area contributed by atoms with E-state index in [2.05, 4.69) is 4.90 Å². The summed E-state index contributed by atoms with van der Waals surface area (Å²) >= 11 is 0. The zero-order valence-electron chi connectivity index (χ0n) is 15.8. The fourth-order valence-electron chi connectivity index (χ4n) is 4.63. The third kappa shape index (κ3) is 4.50. The SMILES string of the molecule is O=C(COCC[C@@H]1CO[C@@H]2CN(Cc3ccccc3F)C[C@H]12)N1CCCC1. The number of rotatable bonds is 7. The van der Waals surface area contributed by atoms with Crippen LogP contribution in [0.3, 0.4) is 0 Å². The molecule has 5 nitrogen and oxygen atoms in total. The maximum Gasteiger partial charge on any atom is 0.248 e. The Morgan fingerprint density at radius 2 is 2.04 bits per heavy atom. The molecule has 27 heavy (non-hydrogen) atoms. The third-order valence-corrected chi connectivity index (χ3v) is 6.18. The van der Waals surface area contributed by atoms with Crippen LogP contribution in [0.2, 0.25) is 0 Å². The summed E-state index contributed by atoms with van der Waals surface area (Å²) in [5, 5.41) is 0. The number of halogens is 1. The predicted molar refractivity (Wildman–Crippen MR) is 99.6 cm³/mol. The second-order valence-corrected chi connectivity index (χ2v) is 8.01. The molecule has 1 aromatic rings. The largest absolute Gasteiger partial charge is 0.376 e. The molecular formula is C21H29FN2O3. The van der Waals surface area contributed by atoms with Gasteiger partial charge in [0.1, 0.15) is 12.4 Å². The number of likely N-dealkylation sites (tertiary alicyclic amines) is 2. The maximum absolute atomic E-state index is 13.9. The van der Waals surface area contributed by atoms with Crippen molar-refractivity contribution in [3.05, 3.63) is 35.6 Å². The van der Waals surface area contributed by atoms with Crippen LogP contribution in [0, 0.1) is 17.7 Å². The van der Waals surface area contributed by atoms with Crippen molar-refractivity contribution in [3.63, 3.8) is 0 Å². The minimum atomic E-state index is -0.136. The molecule has 1 amide bonds. The van der Waals surface area contributed by atoms with Crippen LogP contribution < -0.4 is 0 Å². The van der Waals surface area contributed by atoms with Crippen LogP contribution in [0.15, 0.2) is 24.3 Å². The molecule has 1 aromatic carbocycles. The van der Waals surface area contributed by atoms with Gasteiger partial charge >= 0.3 is 0 Å². The summed E-state index contributed by atoms with van der Waals surface area (Å²) in [4.78, 5) is 16.2. The lowest BCUT2D eigenvalue weighted by molar-refractivity contribution is -0.135. The fourth-order valence-corrected chi connectivity index (χ4v) is 4.63. The molecule has 3 aliphatic rings. The molecule has 0 aliphatic carbocycles. The van der Waals surface area contributed by atoms with Crippen LogP contribution in [0.4, 0.5) is 4.39 Å². The number of nitrogens with zero attached hydrogens (tertiary/aromatic N) is 2. The Balaban J connectivity index is 1.20. The smallest absolute Gasteiger partial charge is 0.248 e. The van der Waals surface area contributed by atoms with E-state index in [9.17, 15) is 9.18 Å². The van der Waals surface area contributed by atoms with Gasteiger partial charge in [0.15, 0.2) is 0 Å². The summed E-state index contributed by atoms with van der Waals surface area (Å²) in [6, 6.07) is 6.99. The molecule has 0 aromatic heterocycles. The van der Waals surface area contributed by atoms with Gasteiger partial charge in [-0.2, -0.15) is 0 Å². The first-order valence-corrected chi connectivity index (χ1v) is 10.1. The lowest BCUT2D eigenvalue weighted by Crippen LogP contribution is -2.31.